The van der Waals surface area contributed by atoms with Crippen LogP contribution in [0.5, 0.6) is 0 Å². The van der Waals surface area contributed by atoms with Crippen LogP contribution in [-0.4, -0.2) is 39.7 Å². The SMILES string of the molecule is CCC(C)CNC(=O)NC(Cc1cnc[nH]1)C(=O)O. The first kappa shape index (κ1) is 15.0. The lowest BCUT2D eigenvalue weighted by molar-refractivity contribution is -0.139. The summed E-state index contributed by atoms with van der Waals surface area (Å²) in [5.74, 6) is -0.713. The third kappa shape index (κ3) is 5.41. The van der Waals surface area contributed by atoms with Gasteiger partial charge in [-0.3, -0.25) is 0 Å². The van der Waals surface area contributed by atoms with Crippen LogP contribution < -0.4 is 10.6 Å². The Hall–Kier alpha value is -2.05. The van der Waals surface area contributed by atoms with Gasteiger partial charge in [0.2, 0.25) is 0 Å². The number of H-pyrrole nitrogens is 1. The minimum Gasteiger partial charge on any atom is -0.480 e. The first-order valence-electron chi connectivity index (χ1n) is 6.27. The third-order valence-electron chi connectivity index (χ3n) is 2.89. The first-order chi connectivity index (χ1) is 9.02. The van der Waals surface area contributed by atoms with Crippen molar-refractivity contribution in [1.29, 1.82) is 0 Å². The van der Waals surface area contributed by atoms with Gasteiger partial charge < -0.3 is 20.7 Å². The van der Waals surface area contributed by atoms with Crippen LogP contribution >= 0.6 is 0 Å². The summed E-state index contributed by atoms with van der Waals surface area (Å²) in [5.41, 5.74) is 0.662. The fourth-order valence-corrected chi connectivity index (χ4v) is 1.44. The standard InChI is InChI=1S/C12H20N4O3/c1-3-8(2)5-14-12(19)16-10(11(17)18)4-9-6-13-7-15-9/h6-8,10H,3-5H2,1-2H3,(H,13,15)(H,17,18)(H2,14,16,19). The summed E-state index contributed by atoms with van der Waals surface area (Å²) < 4.78 is 0. The van der Waals surface area contributed by atoms with E-state index in [9.17, 15) is 9.59 Å². The van der Waals surface area contributed by atoms with Gasteiger partial charge >= 0.3 is 12.0 Å². The summed E-state index contributed by atoms with van der Waals surface area (Å²) in [6, 6.07) is -1.44. The lowest BCUT2D eigenvalue weighted by Crippen LogP contribution is -2.47. The summed E-state index contributed by atoms with van der Waals surface area (Å²) in [6.07, 6.45) is 4.13. The summed E-state index contributed by atoms with van der Waals surface area (Å²) in [7, 11) is 0. The van der Waals surface area contributed by atoms with Gasteiger partial charge in [0, 0.05) is 24.9 Å². The molecule has 0 radical (unpaired) electrons. The Morgan fingerprint density at radius 2 is 2.26 bits per heavy atom. The van der Waals surface area contributed by atoms with Crippen molar-refractivity contribution < 1.29 is 14.7 Å². The molecule has 19 heavy (non-hydrogen) atoms. The normalized spacial score (nSPS) is 13.6. The molecule has 2 unspecified atom stereocenters. The highest BCUT2D eigenvalue weighted by Gasteiger charge is 2.20. The molecule has 0 bridgehead atoms. The van der Waals surface area contributed by atoms with Crippen molar-refractivity contribution in [3.05, 3.63) is 18.2 Å². The van der Waals surface area contributed by atoms with Crippen LogP contribution in [0.4, 0.5) is 4.79 Å². The maximum atomic E-state index is 11.6. The Labute approximate surface area is 111 Å². The highest BCUT2D eigenvalue weighted by Crippen LogP contribution is 2.00. The number of carbonyl (C=O) groups is 2. The molecule has 0 aliphatic heterocycles. The predicted molar refractivity (Wildman–Crippen MR) is 69.7 cm³/mol. The van der Waals surface area contributed by atoms with Crippen molar-refractivity contribution in [2.45, 2.75) is 32.7 Å². The van der Waals surface area contributed by atoms with E-state index in [0.717, 1.165) is 6.42 Å². The zero-order valence-electron chi connectivity index (χ0n) is 11.1. The lowest BCUT2D eigenvalue weighted by Gasteiger charge is -2.16. The number of aromatic nitrogens is 2. The Morgan fingerprint density at radius 1 is 1.53 bits per heavy atom. The Balaban J connectivity index is 2.45. The first-order valence-corrected chi connectivity index (χ1v) is 6.27. The number of imidazole rings is 1. The molecule has 7 nitrogen and oxygen atoms in total. The van der Waals surface area contributed by atoms with Crippen LogP contribution in [0.2, 0.25) is 0 Å². The van der Waals surface area contributed by atoms with Crippen molar-refractivity contribution in [2.75, 3.05) is 6.54 Å². The molecule has 1 aromatic heterocycles. The van der Waals surface area contributed by atoms with E-state index in [1.54, 1.807) is 0 Å². The smallest absolute Gasteiger partial charge is 0.326 e. The van der Waals surface area contributed by atoms with Gasteiger partial charge in [-0.2, -0.15) is 0 Å². The Morgan fingerprint density at radius 3 is 2.79 bits per heavy atom. The minimum atomic E-state index is -1.08. The molecule has 1 rings (SSSR count). The minimum absolute atomic E-state index is 0.173. The van der Waals surface area contributed by atoms with E-state index in [1.807, 2.05) is 13.8 Å². The Bertz CT molecular complexity index is 405. The molecule has 0 spiro atoms. The van der Waals surface area contributed by atoms with Gasteiger partial charge in [-0.25, -0.2) is 14.6 Å². The summed E-state index contributed by atoms with van der Waals surface area (Å²) in [6.45, 7) is 4.57. The van der Waals surface area contributed by atoms with E-state index in [4.69, 9.17) is 5.11 Å². The fraction of sp³-hybridized carbons (Fsp3) is 0.583. The lowest BCUT2D eigenvalue weighted by atomic mass is 10.1. The van der Waals surface area contributed by atoms with E-state index in [-0.39, 0.29) is 6.42 Å². The van der Waals surface area contributed by atoms with Crippen LogP contribution in [0.15, 0.2) is 12.5 Å². The second kappa shape index (κ2) is 7.40. The maximum Gasteiger partial charge on any atom is 0.326 e. The van der Waals surface area contributed by atoms with Gasteiger partial charge in [-0.05, 0) is 5.92 Å². The van der Waals surface area contributed by atoms with Crippen molar-refractivity contribution >= 4 is 12.0 Å². The number of carbonyl (C=O) groups excluding carboxylic acids is 1. The molecule has 0 aliphatic rings. The van der Waals surface area contributed by atoms with E-state index in [0.29, 0.717) is 18.2 Å². The molecule has 0 saturated heterocycles. The molecular formula is C12H20N4O3. The van der Waals surface area contributed by atoms with E-state index in [2.05, 4.69) is 20.6 Å². The number of hydrogen-bond donors (Lipinski definition) is 4. The molecule has 7 heteroatoms. The Kier molecular flexibility index (Phi) is 5.84. The quantitative estimate of drug-likeness (QED) is 0.585. The monoisotopic (exact) mass is 268 g/mol. The van der Waals surface area contributed by atoms with Crippen molar-refractivity contribution in [3.63, 3.8) is 0 Å². The fourth-order valence-electron chi connectivity index (χ4n) is 1.44. The number of urea groups is 1. The predicted octanol–water partition coefficient (Wildman–Crippen LogP) is 0.751. The number of aromatic amines is 1. The van der Waals surface area contributed by atoms with Gasteiger partial charge in [-0.1, -0.05) is 20.3 Å². The van der Waals surface area contributed by atoms with Crippen LogP contribution in [0.1, 0.15) is 26.0 Å². The highest BCUT2D eigenvalue weighted by molar-refractivity contribution is 5.82. The number of amides is 2. The summed E-state index contributed by atoms with van der Waals surface area (Å²) >= 11 is 0. The number of hydrogen-bond acceptors (Lipinski definition) is 3. The molecule has 0 saturated carbocycles. The average Bonchev–Trinajstić information content (AvgIpc) is 2.87. The molecule has 0 aliphatic carbocycles. The number of aliphatic carboxylic acids is 1. The molecule has 2 amide bonds. The van der Waals surface area contributed by atoms with E-state index < -0.39 is 18.0 Å². The molecule has 1 heterocycles. The molecule has 0 fully saturated rings. The van der Waals surface area contributed by atoms with Gasteiger partial charge in [0.15, 0.2) is 0 Å². The van der Waals surface area contributed by atoms with Crippen molar-refractivity contribution in [1.82, 2.24) is 20.6 Å². The van der Waals surface area contributed by atoms with Crippen LogP contribution in [-0.2, 0) is 11.2 Å². The zero-order valence-corrected chi connectivity index (χ0v) is 11.1. The van der Waals surface area contributed by atoms with Crippen LogP contribution in [0, 0.1) is 5.92 Å². The number of nitrogens with one attached hydrogen (secondary N) is 3. The van der Waals surface area contributed by atoms with Gasteiger partial charge in [0.05, 0.1) is 6.33 Å². The molecule has 106 valence electrons. The largest absolute Gasteiger partial charge is 0.480 e. The topological polar surface area (TPSA) is 107 Å². The number of carboxylic acid groups (broad SMARTS) is 1. The van der Waals surface area contributed by atoms with Gasteiger partial charge in [-0.15, -0.1) is 0 Å². The van der Waals surface area contributed by atoms with Gasteiger partial charge in [0.1, 0.15) is 6.04 Å². The molecular weight excluding hydrogens is 248 g/mol. The summed E-state index contributed by atoms with van der Waals surface area (Å²) in [4.78, 5) is 29.3. The van der Waals surface area contributed by atoms with Crippen LogP contribution in [0.25, 0.3) is 0 Å². The number of rotatable bonds is 7. The number of carboxylic acids is 1. The van der Waals surface area contributed by atoms with Crippen molar-refractivity contribution in [2.24, 2.45) is 5.92 Å². The second-order valence-electron chi connectivity index (χ2n) is 4.54. The molecule has 0 aromatic carbocycles. The second-order valence-corrected chi connectivity index (χ2v) is 4.54. The van der Waals surface area contributed by atoms with Gasteiger partial charge in [0.25, 0.3) is 0 Å². The third-order valence-corrected chi connectivity index (χ3v) is 2.89. The average molecular weight is 268 g/mol. The molecule has 4 N–H and O–H groups in total. The maximum absolute atomic E-state index is 11.6. The zero-order chi connectivity index (χ0) is 14.3. The molecule has 1 aromatic rings. The van der Waals surface area contributed by atoms with Crippen molar-refractivity contribution in [3.8, 4) is 0 Å². The summed E-state index contributed by atoms with van der Waals surface area (Å²) in [5, 5.41) is 14.2. The van der Waals surface area contributed by atoms with E-state index >= 15 is 0 Å². The number of nitrogens with zero attached hydrogens (tertiary/aromatic N) is 1. The van der Waals surface area contributed by atoms with Crippen LogP contribution in [0.3, 0.4) is 0 Å². The van der Waals surface area contributed by atoms with E-state index in [1.165, 1.54) is 12.5 Å². The molecule has 2 atom stereocenters. The highest BCUT2D eigenvalue weighted by atomic mass is 16.4.